The highest BCUT2D eigenvalue weighted by Crippen LogP contribution is 2.24. The van der Waals surface area contributed by atoms with Crippen LogP contribution < -0.4 is 11.3 Å². The largest absolute Gasteiger partial charge is 0.294 e. The Labute approximate surface area is 91.2 Å². The van der Waals surface area contributed by atoms with Gasteiger partial charge in [0.2, 0.25) is 5.91 Å². The van der Waals surface area contributed by atoms with Crippen molar-refractivity contribution in [3.63, 3.8) is 0 Å². The van der Waals surface area contributed by atoms with Gasteiger partial charge in [-0.2, -0.15) is 11.8 Å². The van der Waals surface area contributed by atoms with Crippen molar-refractivity contribution in [2.75, 3.05) is 5.75 Å². The molecule has 0 aliphatic heterocycles. The van der Waals surface area contributed by atoms with E-state index in [4.69, 9.17) is 5.84 Å². The summed E-state index contributed by atoms with van der Waals surface area (Å²) >= 11 is 1.97. The van der Waals surface area contributed by atoms with Crippen LogP contribution in [0.1, 0.15) is 46.5 Å². The highest BCUT2D eigenvalue weighted by atomic mass is 32.2. The average Bonchev–Trinajstić information content (AvgIpc) is 2.08. The Morgan fingerprint density at radius 3 is 2.43 bits per heavy atom. The number of carbonyl (C=O) groups excluding carboxylic acids is 1. The number of hydrogen-bond donors (Lipinski definition) is 2. The van der Waals surface area contributed by atoms with E-state index >= 15 is 0 Å². The van der Waals surface area contributed by atoms with Crippen molar-refractivity contribution in [3.8, 4) is 0 Å². The van der Waals surface area contributed by atoms with Gasteiger partial charge in [-0.05, 0) is 18.6 Å². The lowest BCUT2D eigenvalue weighted by Crippen LogP contribution is -2.29. The third kappa shape index (κ3) is 9.86. The number of nitrogens with one attached hydrogen (secondary N) is 1. The SMILES string of the molecule is CC(C)(C)SCCCCCC(=O)NN. The third-order valence-corrected chi connectivity index (χ3v) is 3.10. The summed E-state index contributed by atoms with van der Waals surface area (Å²) in [5.74, 6) is 6.08. The minimum absolute atomic E-state index is 0.0616. The molecule has 14 heavy (non-hydrogen) atoms. The molecule has 0 atom stereocenters. The molecular formula is C10H22N2OS. The molecule has 0 aromatic carbocycles. The highest BCUT2D eigenvalue weighted by Gasteiger charge is 2.09. The van der Waals surface area contributed by atoms with Crippen molar-refractivity contribution in [2.24, 2.45) is 5.84 Å². The smallest absolute Gasteiger partial charge is 0.233 e. The van der Waals surface area contributed by atoms with E-state index in [-0.39, 0.29) is 5.91 Å². The molecule has 0 saturated carbocycles. The van der Waals surface area contributed by atoms with Crippen molar-refractivity contribution < 1.29 is 4.79 Å². The Bertz CT molecular complexity index is 166. The minimum Gasteiger partial charge on any atom is -0.294 e. The predicted octanol–water partition coefficient (Wildman–Crippen LogP) is 2.07. The van der Waals surface area contributed by atoms with Gasteiger partial charge in [0.15, 0.2) is 0 Å². The van der Waals surface area contributed by atoms with Crippen LogP contribution in [0.25, 0.3) is 0 Å². The molecule has 0 rings (SSSR count). The van der Waals surface area contributed by atoms with Crippen LogP contribution in [0.5, 0.6) is 0 Å². The summed E-state index contributed by atoms with van der Waals surface area (Å²) in [5, 5.41) is 0. The molecule has 0 unspecified atom stereocenters. The number of thioether (sulfide) groups is 1. The zero-order valence-electron chi connectivity index (χ0n) is 9.43. The second kappa shape index (κ2) is 7.12. The first-order valence-electron chi connectivity index (χ1n) is 5.09. The molecule has 4 heteroatoms. The Morgan fingerprint density at radius 1 is 1.29 bits per heavy atom. The zero-order valence-corrected chi connectivity index (χ0v) is 10.2. The highest BCUT2D eigenvalue weighted by molar-refractivity contribution is 8.00. The maximum Gasteiger partial charge on any atom is 0.233 e. The van der Waals surface area contributed by atoms with E-state index in [2.05, 4.69) is 26.2 Å². The molecule has 0 aliphatic rings. The van der Waals surface area contributed by atoms with Crippen LogP contribution in [0.2, 0.25) is 0 Å². The van der Waals surface area contributed by atoms with Crippen LogP contribution >= 0.6 is 11.8 Å². The van der Waals surface area contributed by atoms with Crippen molar-refractivity contribution in [2.45, 2.75) is 51.2 Å². The maximum atomic E-state index is 10.8. The first-order valence-corrected chi connectivity index (χ1v) is 6.07. The molecule has 0 aromatic heterocycles. The van der Waals surface area contributed by atoms with Gasteiger partial charge in [0, 0.05) is 11.2 Å². The molecule has 0 bridgehead atoms. The minimum atomic E-state index is -0.0616. The Morgan fingerprint density at radius 2 is 1.93 bits per heavy atom. The van der Waals surface area contributed by atoms with Crippen LogP contribution in [0, 0.1) is 0 Å². The maximum absolute atomic E-state index is 10.8. The van der Waals surface area contributed by atoms with Gasteiger partial charge < -0.3 is 0 Å². The molecule has 0 heterocycles. The molecule has 1 amide bonds. The second-order valence-electron chi connectivity index (χ2n) is 4.34. The van der Waals surface area contributed by atoms with Crippen LogP contribution in [0.4, 0.5) is 0 Å². The van der Waals surface area contributed by atoms with Crippen molar-refractivity contribution in [1.29, 1.82) is 0 Å². The standard InChI is InChI=1S/C10H22N2OS/c1-10(2,3)14-8-6-4-5-7-9(13)12-11/h4-8,11H2,1-3H3,(H,12,13). The van der Waals surface area contributed by atoms with Gasteiger partial charge in [-0.3, -0.25) is 10.2 Å². The van der Waals surface area contributed by atoms with Gasteiger partial charge in [0.1, 0.15) is 0 Å². The quantitative estimate of drug-likeness (QED) is 0.310. The fourth-order valence-corrected chi connectivity index (χ4v) is 1.98. The summed E-state index contributed by atoms with van der Waals surface area (Å²) in [7, 11) is 0. The van der Waals surface area contributed by atoms with Crippen LogP contribution in [-0.4, -0.2) is 16.4 Å². The zero-order chi connectivity index (χ0) is 11.0. The number of carbonyl (C=O) groups is 1. The topological polar surface area (TPSA) is 55.1 Å². The van der Waals surface area contributed by atoms with E-state index in [0.717, 1.165) is 12.8 Å². The Balaban J connectivity index is 3.18. The summed E-state index contributed by atoms with van der Waals surface area (Å²) in [4.78, 5) is 10.8. The molecule has 0 spiro atoms. The number of hydrazine groups is 1. The van der Waals surface area contributed by atoms with Crippen LogP contribution in [0.15, 0.2) is 0 Å². The van der Waals surface area contributed by atoms with Gasteiger partial charge in [-0.15, -0.1) is 0 Å². The van der Waals surface area contributed by atoms with E-state index in [9.17, 15) is 4.79 Å². The third-order valence-electron chi connectivity index (χ3n) is 1.74. The molecule has 84 valence electrons. The number of nitrogens with two attached hydrogens (primary N) is 1. The second-order valence-corrected chi connectivity index (χ2v) is 6.26. The molecule has 3 N–H and O–H groups in total. The normalized spacial score (nSPS) is 11.4. The molecule has 0 aliphatic carbocycles. The first-order chi connectivity index (χ1) is 6.45. The van der Waals surface area contributed by atoms with E-state index in [0.29, 0.717) is 11.2 Å². The number of amides is 1. The molecule has 0 aromatic rings. The average molecular weight is 218 g/mol. The van der Waals surface area contributed by atoms with Gasteiger partial charge in [-0.1, -0.05) is 27.2 Å². The van der Waals surface area contributed by atoms with Crippen LogP contribution in [0.3, 0.4) is 0 Å². The van der Waals surface area contributed by atoms with Gasteiger partial charge in [0.05, 0.1) is 0 Å². The summed E-state index contributed by atoms with van der Waals surface area (Å²) in [6.07, 6.45) is 3.78. The fraction of sp³-hybridized carbons (Fsp3) is 0.900. The van der Waals surface area contributed by atoms with E-state index in [1.165, 1.54) is 12.2 Å². The summed E-state index contributed by atoms with van der Waals surface area (Å²) in [6, 6.07) is 0. The Hall–Kier alpha value is -0.220. The van der Waals surface area contributed by atoms with Crippen molar-refractivity contribution in [1.82, 2.24) is 5.43 Å². The lowest BCUT2D eigenvalue weighted by atomic mass is 10.2. The molecule has 3 nitrogen and oxygen atoms in total. The van der Waals surface area contributed by atoms with Crippen molar-refractivity contribution in [3.05, 3.63) is 0 Å². The predicted molar refractivity (Wildman–Crippen MR) is 63.0 cm³/mol. The lowest BCUT2D eigenvalue weighted by Gasteiger charge is -2.16. The molecule has 0 saturated heterocycles. The van der Waals surface area contributed by atoms with Gasteiger partial charge >= 0.3 is 0 Å². The van der Waals surface area contributed by atoms with E-state index in [1.54, 1.807) is 0 Å². The summed E-state index contributed by atoms with van der Waals surface area (Å²) < 4.78 is 0.356. The first kappa shape index (κ1) is 13.8. The molecular weight excluding hydrogens is 196 g/mol. The molecule has 0 fully saturated rings. The summed E-state index contributed by atoms with van der Waals surface area (Å²) in [6.45, 7) is 6.67. The van der Waals surface area contributed by atoms with E-state index < -0.39 is 0 Å². The van der Waals surface area contributed by atoms with Gasteiger partial charge in [-0.25, -0.2) is 5.84 Å². The van der Waals surface area contributed by atoms with E-state index in [1.807, 2.05) is 11.8 Å². The number of rotatable bonds is 6. The summed E-state index contributed by atoms with van der Waals surface area (Å²) in [5.41, 5.74) is 2.14. The number of hydrogen-bond acceptors (Lipinski definition) is 3. The van der Waals surface area contributed by atoms with Crippen LogP contribution in [-0.2, 0) is 4.79 Å². The lowest BCUT2D eigenvalue weighted by molar-refractivity contribution is -0.121. The Kier molecular flexibility index (Phi) is 7.01. The fourth-order valence-electron chi connectivity index (χ4n) is 1.01. The number of unbranched alkanes of at least 4 members (excludes halogenated alkanes) is 2. The molecule has 0 radical (unpaired) electrons. The van der Waals surface area contributed by atoms with Gasteiger partial charge in [0.25, 0.3) is 0 Å². The van der Waals surface area contributed by atoms with Crippen molar-refractivity contribution >= 4 is 17.7 Å². The monoisotopic (exact) mass is 218 g/mol.